The number of carbonyl (C=O) groups excluding carboxylic acids is 1. The van der Waals surface area contributed by atoms with Crippen molar-refractivity contribution in [1.29, 1.82) is 0 Å². The van der Waals surface area contributed by atoms with Gasteiger partial charge in [0.15, 0.2) is 0 Å². The van der Waals surface area contributed by atoms with Gasteiger partial charge in [0.1, 0.15) is 0 Å². The number of nitrogens with one attached hydrogen (secondary N) is 3. The van der Waals surface area contributed by atoms with Crippen LogP contribution >= 0.6 is 11.3 Å². The normalized spacial score (nSPS) is 10.5. The number of hydrogen-bond acceptors (Lipinski definition) is 4. The standard InChI is InChI=1S/C14H12N4O2S/c1-8-5-6-21-11(8)9-3-2-4-10(7-9)15-13(19)12-16-14(20)18-17-12/h2-7H,1H3,(H,15,19)(H2,16,17,18,20). The second-order valence-corrected chi connectivity index (χ2v) is 5.41. The van der Waals surface area contributed by atoms with E-state index < -0.39 is 11.6 Å². The van der Waals surface area contributed by atoms with Crippen molar-refractivity contribution in [3.05, 3.63) is 57.6 Å². The van der Waals surface area contributed by atoms with E-state index in [0.717, 1.165) is 5.56 Å². The van der Waals surface area contributed by atoms with Gasteiger partial charge in [-0.2, -0.15) is 0 Å². The summed E-state index contributed by atoms with van der Waals surface area (Å²) < 4.78 is 0. The Balaban J connectivity index is 1.85. The van der Waals surface area contributed by atoms with Crippen molar-refractivity contribution in [3.8, 4) is 10.4 Å². The van der Waals surface area contributed by atoms with Crippen LogP contribution in [-0.2, 0) is 0 Å². The van der Waals surface area contributed by atoms with E-state index in [4.69, 9.17) is 0 Å². The van der Waals surface area contributed by atoms with Crippen LogP contribution in [0.2, 0.25) is 0 Å². The van der Waals surface area contributed by atoms with Gasteiger partial charge >= 0.3 is 5.69 Å². The monoisotopic (exact) mass is 300 g/mol. The van der Waals surface area contributed by atoms with Gasteiger partial charge in [0.2, 0.25) is 5.82 Å². The molecule has 3 N–H and O–H groups in total. The first-order chi connectivity index (χ1) is 10.1. The highest BCUT2D eigenvalue weighted by molar-refractivity contribution is 7.13. The minimum Gasteiger partial charge on any atom is -0.319 e. The summed E-state index contributed by atoms with van der Waals surface area (Å²) >= 11 is 1.65. The number of nitrogens with zero attached hydrogens (tertiary/aromatic N) is 1. The fraction of sp³-hybridized carbons (Fsp3) is 0.0714. The summed E-state index contributed by atoms with van der Waals surface area (Å²) in [6.45, 7) is 2.05. The van der Waals surface area contributed by atoms with E-state index in [-0.39, 0.29) is 5.82 Å². The van der Waals surface area contributed by atoms with Gasteiger partial charge in [0.25, 0.3) is 5.91 Å². The van der Waals surface area contributed by atoms with Crippen molar-refractivity contribution in [2.45, 2.75) is 6.92 Å². The maximum Gasteiger partial charge on any atom is 0.341 e. The molecule has 0 atom stereocenters. The smallest absolute Gasteiger partial charge is 0.319 e. The van der Waals surface area contributed by atoms with Crippen LogP contribution in [-0.4, -0.2) is 21.1 Å². The Morgan fingerprint density at radius 1 is 1.33 bits per heavy atom. The van der Waals surface area contributed by atoms with Gasteiger partial charge < -0.3 is 5.32 Å². The highest BCUT2D eigenvalue weighted by Gasteiger charge is 2.11. The lowest BCUT2D eigenvalue weighted by Gasteiger charge is -2.06. The Morgan fingerprint density at radius 2 is 2.19 bits per heavy atom. The number of aromatic amines is 2. The average molecular weight is 300 g/mol. The lowest BCUT2D eigenvalue weighted by molar-refractivity contribution is 0.101. The van der Waals surface area contributed by atoms with Crippen LogP contribution < -0.4 is 11.0 Å². The van der Waals surface area contributed by atoms with Crippen molar-refractivity contribution in [2.24, 2.45) is 0 Å². The summed E-state index contributed by atoms with van der Waals surface area (Å²) in [5.74, 6) is -0.508. The van der Waals surface area contributed by atoms with E-state index in [1.807, 2.05) is 30.5 Å². The number of benzene rings is 1. The molecule has 0 saturated carbocycles. The number of thiophene rings is 1. The van der Waals surface area contributed by atoms with Crippen LogP contribution in [0.4, 0.5) is 5.69 Å². The van der Waals surface area contributed by atoms with Crippen LogP contribution in [0.3, 0.4) is 0 Å². The number of H-pyrrole nitrogens is 2. The van der Waals surface area contributed by atoms with Gasteiger partial charge in [-0.1, -0.05) is 12.1 Å². The first-order valence-electron chi connectivity index (χ1n) is 6.24. The Morgan fingerprint density at radius 3 is 2.86 bits per heavy atom. The lowest BCUT2D eigenvalue weighted by Crippen LogP contribution is -2.14. The number of carbonyl (C=O) groups is 1. The van der Waals surface area contributed by atoms with E-state index in [0.29, 0.717) is 5.69 Å². The lowest BCUT2D eigenvalue weighted by atomic mass is 10.1. The van der Waals surface area contributed by atoms with Crippen LogP contribution in [0.1, 0.15) is 16.2 Å². The molecule has 0 bridgehead atoms. The van der Waals surface area contributed by atoms with Crippen molar-refractivity contribution >= 4 is 22.9 Å². The Bertz CT molecular complexity index is 846. The third kappa shape index (κ3) is 2.77. The van der Waals surface area contributed by atoms with E-state index in [2.05, 4.69) is 26.6 Å². The number of amides is 1. The quantitative estimate of drug-likeness (QED) is 0.693. The van der Waals surface area contributed by atoms with Gasteiger partial charge in [-0.15, -0.1) is 16.4 Å². The molecule has 3 aromatic rings. The molecule has 0 saturated heterocycles. The van der Waals surface area contributed by atoms with E-state index in [1.54, 1.807) is 17.4 Å². The van der Waals surface area contributed by atoms with Crippen molar-refractivity contribution in [2.75, 3.05) is 5.32 Å². The average Bonchev–Trinajstić information content (AvgIpc) is 3.08. The second kappa shape index (κ2) is 5.37. The van der Waals surface area contributed by atoms with Gasteiger partial charge in [-0.3, -0.25) is 9.78 Å². The summed E-state index contributed by atoms with van der Waals surface area (Å²) in [6.07, 6.45) is 0. The molecular weight excluding hydrogens is 288 g/mol. The van der Waals surface area contributed by atoms with Gasteiger partial charge in [0.05, 0.1) is 0 Å². The van der Waals surface area contributed by atoms with E-state index in [9.17, 15) is 9.59 Å². The topological polar surface area (TPSA) is 90.6 Å². The Labute approximate surface area is 123 Å². The maximum absolute atomic E-state index is 11.9. The molecule has 3 rings (SSSR count). The summed E-state index contributed by atoms with van der Waals surface area (Å²) in [4.78, 5) is 26.4. The van der Waals surface area contributed by atoms with Crippen LogP contribution in [0.5, 0.6) is 0 Å². The predicted octanol–water partition coefficient (Wildman–Crippen LogP) is 2.39. The van der Waals surface area contributed by atoms with Crippen LogP contribution in [0.25, 0.3) is 10.4 Å². The molecule has 0 fully saturated rings. The molecule has 0 unspecified atom stereocenters. The fourth-order valence-corrected chi connectivity index (χ4v) is 2.90. The van der Waals surface area contributed by atoms with Gasteiger partial charge in [-0.05, 0) is 41.6 Å². The maximum atomic E-state index is 11.9. The third-order valence-electron chi connectivity index (χ3n) is 2.96. The number of aryl methyl sites for hydroxylation is 1. The van der Waals surface area contributed by atoms with Gasteiger partial charge in [0, 0.05) is 10.6 Å². The summed E-state index contributed by atoms with van der Waals surface area (Å²) in [6, 6.07) is 9.60. The molecule has 1 amide bonds. The summed E-state index contributed by atoms with van der Waals surface area (Å²) in [5, 5.41) is 10.5. The molecule has 0 aliphatic heterocycles. The molecular formula is C14H12N4O2S. The molecule has 2 heterocycles. The molecule has 6 nitrogen and oxygen atoms in total. The number of hydrogen-bond donors (Lipinski definition) is 3. The first-order valence-corrected chi connectivity index (χ1v) is 7.12. The third-order valence-corrected chi connectivity index (χ3v) is 4.03. The van der Waals surface area contributed by atoms with Crippen LogP contribution in [0.15, 0.2) is 40.5 Å². The number of rotatable bonds is 3. The Hall–Kier alpha value is -2.67. The van der Waals surface area contributed by atoms with Crippen LogP contribution in [0, 0.1) is 6.92 Å². The van der Waals surface area contributed by atoms with Crippen molar-refractivity contribution in [1.82, 2.24) is 15.2 Å². The summed E-state index contributed by atoms with van der Waals surface area (Å²) in [5.41, 5.74) is 2.37. The molecule has 106 valence electrons. The molecule has 0 spiro atoms. The molecule has 2 aromatic heterocycles. The van der Waals surface area contributed by atoms with Gasteiger partial charge in [-0.25, -0.2) is 9.89 Å². The number of anilines is 1. The zero-order chi connectivity index (χ0) is 14.8. The molecule has 7 heteroatoms. The largest absolute Gasteiger partial charge is 0.341 e. The molecule has 21 heavy (non-hydrogen) atoms. The molecule has 0 radical (unpaired) electrons. The molecule has 0 aliphatic carbocycles. The van der Waals surface area contributed by atoms with Crippen molar-refractivity contribution < 1.29 is 4.79 Å². The zero-order valence-corrected chi connectivity index (χ0v) is 12.0. The van der Waals surface area contributed by atoms with E-state index in [1.165, 1.54) is 10.4 Å². The summed E-state index contributed by atoms with van der Waals surface area (Å²) in [7, 11) is 0. The SMILES string of the molecule is Cc1ccsc1-c1cccc(NC(=O)c2n[nH]c(=O)[nH]2)c1. The highest BCUT2D eigenvalue weighted by Crippen LogP contribution is 2.30. The minimum absolute atomic E-state index is 0.0438. The highest BCUT2D eigenvalue weighted by atomic mass is 32.1. The first kappa shape index (κ1) is 13.3. The molecule has 1 aromatic carbocycles. The Kier molecular flexibility index (Phi) is 3.41. The van der Waals surface area contributed by atoms with Crippen molar-refractivity contribution in [3.63, 3.8) is 0 Å². The minimum atomic E-state index is -0.511. The second-order valence-electron chi connectivity index (χ2n) is 4.49. The van der Waals surface area contributed by atoms with E-state index >= 15 is 0 Å². The predicted molar refractivity (Wildman–Crippen MR) is 81.7 cm³/mol. The fourth-order valence-electron chi connectivity index (χ4n) is 1.97. The zero-order valence-electron chi connectivity index (χ0n) is 11.1. The number of aromatic nitrogens is 3. The molecule has 0 aliphatic rings.